The van der Waals surface area contributed by atoms with Crippen LogP contribution < -0.4 is 10.1 Å². The van der Waals surface area contributed by atoms with Crippen LogP contribution in [0.1, 0.15) is 11.1 Å². The number of rotatable bonds is 3. The van der Waals surface area contributed by atoms with Crippen LogP contribution in [0.3, 0.4) is 0 Å². The normalized spacial score (nSPS) is 11.8. The van der Waals surface area contributed by atoms with Gasteiger partial charge in [-0.3, -0.25) is 10.3 Å². The molecule has 1 amide bonds. The van der Waals surface area contributed by atoms with Crippen LogP contribution in [0.5, 0.6) is 5.75 Å². The van der Waals surface area contributed by atoms with Gasteiger partial charge in [-0.15, -0.1) is 0 Å². The number of nitrogens with zero attached hydrogens (tertiary/aromatic N) is 1. The molecule has 31 heavy (non-hydrogen) atoms. The Bertz CT molecular complexity index is 1090. The number of anilines is 1. The van der Waals surface area contributed by atoms with Crippen LogP contribution in [0.25, 0.3) is 11.1 Å². The van der Waals surface area contributed by atoms with Crippen molar-refractivity contribution in [2.24, 2.45) is 0 Å². The number of ether oxygens (including phenoxy) is 1. The number of nitrogens with one attached hydrogen (secondary N) is 1. The monoisotopic (exact) mass is 444 g/mol. The molecule has 4 nitrogen and oxygen atoms in total. The van der Waals surface area contributed by atoms with Crippen molar-refractivity contribution >= 4 is 11.8 Å². The Balaban J connectivity index is 1.85. The number of aromatic nitrogens is 1. The van der Waals surface area contributed by atoms with Crippen LogP contribution >= 0.6 is 0 Å². The quantitative estimate of drug-likeness (QED) is 0.467. The second-order valence-electron chi connectivity index (χ2n) is 6.15. The fraction of sp³-hybridized carbons (Fsp3) is 0.100. The Hall–Kier alpha value is -3.63. The van der Waals surface area contributed by atoms with E-state index in [0.29, 0.717) is 18.2 Å². The predicted molar refractivity (Wildman–Crippen MR) is 95.7 cm³/mol. The standard InChI is InChI=1S/C20H11F7N2O2/c21-16-10-28-8-7-17(16)31-18(30)29-13-4-1-11(2-5-13)14-9-12(19(22,23)24)3-6-15(14)20(25,26)27/h1-10H,(H,29,30). The van der Waals surface area contributed by atoms with Crippen molar-refractivity contribution in [2.45, 2.75) is 12.4 Å². The second-order valence-corrected chi connectivity index (χ2v) is 6.15. The minimum absolute atomic E-state index is 0.0590. The van der Waals surface area contributed by atoms with Gasteiger partial charge in [0, 0.05) is 18.0 Å². The fourth-order valence-corrected chi connectivity index (χ4v) is 2.63. The molecule has 0 fully saturated rings. The summed E-state index contributed by atoms with van der Waals surface area (Å²) in [4.78, 5) is 15.3. The molecule has 0 radical (unpaired) electrons. The molecule has 2 aromatic carbocycles. The SMILES string of the molecule is O=C(Nc1ccc(-c2cc(C(F)(F)F)ccc2C(F)(F)F)cc1)Oc1ccncc1F. The molecule has 0 aliphatic carbocycles. The van der Waals surface area contributed by atoms with Crippen molar-refractivity contribution in [3.8, 4) is 16.9 Å². The van der Waals surface area contributed by atoms with E-state index in [1.807, 2.05) is 0 Å². The van der Waals surface area contributed by atoms with E-state index in [4.69, 9.17) is 4.74 Å². The van der Waals surface area contributed by atoms with Gasteiger partial charge < -0.3 is 4.74 Å². The van der Waals surface area contributed by atoms with Crippen molar-refractivity contribution < 1.29 is 40.3 Å². The summed E-state index contributed by atoms with van der Waals surface area (Å²) in [5.41, 5.74) is -3.24. The van der Waals surface area contributed by atoms with Crippen molar-refractivity contribution in [2.75, 3.05) is 5.32 Å². The van der Waals surface area contributed by atoms with Crippen molar-refractivity contribution in [3.63, 3.8) is 0 Å². The number of hydrogen-bond donors (Lipinski definition) is 1. The molecule has 1 heterocycles. The smallest absolute Gasteiger partial charge is 0.407 e. The van der Waals surface area contributed by atoms with Gasteiger partial charge in [0.05, 0.1) is 17.3 Å². The molecule has 1 N–H and O–H groups in total. The summed E-state index contributed by atoms with van der Waals surface area (Å²) in [7, 11) is 0. The van der Waals surface area contributed by atoms with Crippen LogP contribution in [0.2, 0.25) is 0 Å². The van der Waals surface area contributed by atoms with Crippen LogP contribution in [-0.2, 0) is 12.4 Å². The molecular weight excluding hydrogens is 433 g/mol. The Kier molecular flexibility index (Phi) is 5.87. The third kappa shape index (κ3) is 5.30. The van der Waals surface area contributed by atoms with Crippen LogP contribution in [0.15, 0.2) is 60.9 Å². The highest BCUT2D eigenvalue weighted by atomic mass is 19.4. The molecule has 162 valence electrons. The number of pyridine rings is 1. The summed E-state index contributed by atoms with van der Waals surface area (Å²) in [5, 5.41) is 2.23. The lowest BCUT2D eigenvalue weighted by atomic mass is 9.96. The van der Waals surface area contributed by atoms with Crippen LogP contribution in [-0.4, -0.2) is 11.1 Å². The fourth-order valence-electron chi connectivity index (χ4n) is 2.63. The van der Waals surface area contributed by atoms with Crippen molar-refractivity contribution in [3.05, 3.63) is 77.9 Å². The van der Waals surface area contributed by atoms with Gasteiger partial charge in [0.2, 0.25) is 0 Å². The number of alkyl halides is 6. The summed E-state index contributed by atoms with van der Waals surface area (Å²) in [5.74, 6) is -1.29. The molecule has 0 bridgehead atoms. The molecule has 0 atom stereocenters. The lowest BCUT2D eigenvalue weighted by molar-refractivity contribution is -0.141. The summed E-state index contributed by atoms with van der Waals surface area (Å²) < 4.78 is 96.8. The topological polar surface area (TPSA) is 51.2 Å². The Morgan fingerprint density at radius 3 is 2.16 bits per heavy atom. The van der Waals surface area contributed by atoms with E-state index in [1.165, 1.54) is 18.3 Å². The average molecular weight is 444 g/mol. The molecule has 0 unspecified atom stereocenters. The molecule has 3 aromatic rings. The van der Waals surface area contributed by atoms with Gasteiger partial charge in [-0.1, -0.05) is 12.1 Å². The molecule has 1 aromatic heterocycles. The second kappa shape index (κ2) is 8.25. The highest BCUT2D eigenvalue weighted by molar-refractivity contribution is 5.86. The van der Waals surface area contributed by atoms with Gasteiger partial charge in [-0.05, 0) is 41.5 Å². The van der Waals surface area contributed by atoms with E-state index < -0.39 is 46.7 Å². The van der Waals surface area contributed by atoms with E-state index in [0.717, 1.165) is 24.4 Å². The minimum atomic E-state index is -4.88. The van der Waals surface area contributed by atoms with Gasteiger partial charge in [-0.2, -0.15) is 26.3 Å². The number of carbonyl (C=O) groups excluding carboxylic acids is 1. The number of halogens is 7. The molecule has 0 spiro atoms. The average Bonchev–Trinajstić information content (AvgIpc) is 2.68. The Labute approximate surface area is 170 Å². The summed E-state index contributed by atoms with van der Waals surface area (Å²) in [6.07, 6.45) is -8.78. The highest BCUT2D eigenvalue weighted by Gasteiger charge is 2.37. The largest absolute Gasteiger partial charge is 0.417 e. The Morgan fingerprint density at radius 1 is 0.903 bits per heavy atom. The number of carbonyl (C=O) groups is 1. The maximum Gasteiger partial charge on any atom is 0.417 e. The van der Waals surface area contributed by atoms with E-state index in [1.54, 1.807) is 0 Å². The lowest BCUT2D eigenvalue weighted by Gasteiger charge is -2.16. The van der Waals surface area contributed by atoms with Gasteiger partial charge in [0.15, 0.2) is 11.6 Å². The first-order valence-corrected chi connectivity index (χ1v) is 8.42. The summed E-state index contributed by atoms with van der Waals surface area (Å²) in [6.45, 7) is 0. The summed E-state index contributed by atoms with van der Waals surface area (Å²) >= 11 is 0. The molecule has 0 saturated heterocycles. The van der Waals surface area contributed by atoms with Crippen molar-refractivity contribution in [1.82, 2.24) is 4.98 Å². The number of hydrogen-bond acceptors (Lipinski definition) is 3. The van der Waals surface area contributed by atoms with E-state index in [2.05, 4.69) is 10.3 Å². The molecule has 11 heteroatoms. The maximum atomic E-state index is 13.4. The van der Waals surface area contributed by atoms with Crippen molar-refractivity contribution in [1.29, 1.82) is 0 Å². The number of benzene rings is 2. The number of amides is 1. The first kappa shape index (κ1) is 22.1. The molecule has 0 saturated carbocycles. The van der Waals surface area contributed by atoms with E-state index >= 15 is 0 Å². The first-order valence-electron chi connectivity index (χ1n) is 8.42. The maximum absolute atomic E-state index is 13.4. The van der Waals surface area contributed by atoms with Crippen LogP contribution in [0, 0.1) is 5.82 Å². The van der Waals surface area contributed by atoms with Gasteiger partial charge in [0.25, 0.3) is 0 Å². The highest BCUT2D eigenvalue weighted by Crippen LogP contribution is 2.40. The van der Waals surface area contributed by atoms with Gasteiger partial charge in [-0.25, -0.2) is 9.18 Å². The lowest BCUT2D eigenvalue weighted by Crippen LogP contribution is -2.17. The third-order valence-electron chi connectivity index (χ3n) is 4.03. The molecule has 0 aliphatic heterocycles. The van der Waals surface area contributed by atoms with E-state index in [-0.39, 0.29) is 11.3 Å². The van der Waals surface area contributed by atoms with Gasteiger partial charge >= 0.3 is 18.4 Å². The molecule has 3 rings (SSSR count). The predicted octanol–water partition coefficient (Wildman–Crippen LogP) is 6.54. The molecular formula is C20H11F7N2O2. The van der Waals surface area contributed by atoms with Gasteiger partial charge in [0.1, 0.15) is 0 Å². The minimum Gasteiger partial charge on any atom is -0.407 e. The van der Waals surface area contributed by atoms with Crippen LogP contribution in [0.4, 0.5) is 41.2 Å². The van der Waals surface area contributed by atoms with E-state index in [9.17, 15) is 35.5 Å². The Morgan fingerprint density at radius 2 is 1.58 bits per heavy atom. The zero-order valence-corrected chi connectivity index (χ0v) is 15.2. The molecule has 0 aliphatic rings. The zero-order chi connectivity index (χ0) is 22.8. The zero-order valence-electron chi connectivity index (χ0n) is 15.2. The first-order chi connectivity index (χ1) is 14.4. The summed E-state index contributed by atoms with van der Waals surface area (Å²) in [6, 6.07) is 6.78. The third-order valence-corrected chi connectivity index (χ3v) is 4.03.